The zero-order valence-corrected chi connectivity index (χ0v) is 17.5. The van der Waals surface area contributed by atoms with Crippen molar-refractivity contribution in [3.8, 4) is 28.8 Å². The standard InChI is InChI=1S/C22H24N8O2/c23-8-3-7-19-25-20(14-21(32)26-19)30-10-4-9-29(11-12-30)17-13-16(27-28-22(17)24)15-5-1-2-6-18(15)31/h1-2,5-6,13-14,31H,4,8-12,23H2,(H2,24,28)(H,25,26,32). The molecule has 164 valence electrons. The topological polar surface area (TPSA) is 150 Å². The SMILES string of the molecule is NCC#Cc1nc(N2CCCN(c3cc(-c4ccccc4O)nnc3N)CC2)cc(=O)[nH]1. The van der Waals surface area contributed by atoms with E-state index in [4.69, 9.17) is 11.5 Å². The summed E-state index contributed by atoms with van der Waals surface area (Å²) in [5, 5.41) is 18.4. The molecule has 0 radical (unpaired) electrons. The van der Waals surface area contributed by atoms with Gasteiger partial charge in [0.25, 0.3) is 5.56 Å². The molecular formula is C22H24N8O2. The molecule has 3 aromatic rings. The first-order chi connectivity index (χ1) is 15.5. The van der Waals surface area contributed by atoms with Gasteiger partial charge in [0.05, 0.1) is 17.9 Å². The predicted molar refractivity (Wildman–Crippen MR) is 123 cm³/mol. The van der Waals surface area contributed by atoms with Crippen molar-refractivity contribution in [1.29, 1.82) is 0 Å². The van der Waals surface area contributed by atoms with E-state index in [-0.39, 0.29) is 17.9 Å². The molecule has 1 aliphatic rings. The summed E-state index contributed by atoms with van der Waals surface area (Å²) < 4.78 is 0. The summed E-state index contributed by atoms with van der Waals surface area (Å²) in [5.74, 6) is 6.82. The van der Waals surface area contributed by atoms with E-state index in [1.54, 1.807) is 18.2 Å². The van der Waals surface area contributed by atoms with Gasteiger partial charge in [0.2, 0.25) is 0 Å². The van der Waals surface area contributed by atoms with E-state index in [0.29, 0.717) is 41.8 Å². The van der Waals surface area contributed by atoms with Crippen molar-refractivity contribution in [3.63, 3.8) is 0 Å². The lowest BCUT2D eigenvalue weighted by atomic mass is 10.1. The monoisotopic (exact) mass is 432 g/mol. The van der Waals surface area contributed by atoms with Gasteiger partial charge >= 0.3 is 0 Å². The Morgan fingerprint density at radius 2 is 1.88 bits per heavy atom. The highest BCUT2D eigenvalue weighted by Crippen LogP contribution is 2.31. The van der Waals surface area contributed by atoms with E-state index in [9.17, 15) is 9.90 Å². The fraction of sp³-hybridized carbons (Fsp3) is 0.273. The highest BCUT2D eigenvalue weighted by molar-refractivity contribution is 5.74. The number of nitrogen functional groups attached to an aromatic ring is 1. The van der Waals surface area contributed by atoms with Crippen molar-refractivity contribution < 1.29 is 5.11 Å². The minimum atomic E-state index is -0.257. The van der Waals surface area contributed by atoms with E-state index >= 15 is 0 Å². The van der Waals surface area contributed by atoms with Gasteiger partial charge in [-0.05, 0) is 30.5 Å². The molecule has 0 saturated carbocycles. The maximum Gasteiger partial charge on any atom is 0.253 e. The molecule has 0 atom stereocenters. The summed E-state index contributed by atoms with van der Waals surface area (Å²) in [6.45, 7) is 2.94. The lowest BCUT2D eigenvalue weighted by Gasteiger charge is -2.25. The molecule has 1 fully saturated rings. The molecule has 0 unspecified atom stereocenters. The molecule has 0 bridgehead atoms. The van der Waals surface area contributed by atoms with Gasteiger partial charge in [0, 0.05) is 37.8 Å². The Balaban J connectivity index is 1.57. The van der Waals surface area contributed by atoms with Gasteiger partial charge in [0.15, 0.2) is 11.6 Å². The van der Waals surface area contributed by atoms with Crippen molar-refractivity contribution in [2.75, 3.05) is 48.3 Å². The molecule has 4 rings (SSSR count). The molecule has 1 saturated heterocycles. The highest BCUT2D eigenvalue weighted by atomic mass is 16.3. The minimum Gasteiger partial charge on any atom is -0.507 e. The number of nitrogens with zero attached hydrogens (tertiary/aromatic N) is 5. The van der Waals surface area contributed by atoms with E-state index in [0.717, 1.165) is 25.2 Å². The summed E-state index contributed by atoms with van der Waals surface area (Å²) in [6, 6.07) is 10.3. The molecular weight excluding hydrogens is 408 g/mol. The molecule has 10 heteroatoms. The second kappa shape index (κ2) is 9.36. The molecule has 0 spiro atoms. The zero-order valence-electron chi connectivity index (χ0n) is 17.5. The van der Waals surface area contributed by atoms with Gasteiger partial charge in [-0.25, -0.2) is 4.98 Å². The van der Waals surface area contributed by atoms with Crippen LogP contribution >= 0.6 is 0 Å². The number of hydrogen-bond acceptors (Lipinski definition) is 9. The number of benzene rings is 1. The Labute approximate surface area is 184 Å². The van der Waals surface area contributed by atoms with Gasteiger partial charge in [-0.1, -0.05) is 18.1 Å². The van der Waals surface area contributed by atoms with Crippen LogP contribution in [0.1, 0.15) is 12.2 Å². The number of rotatable bonds is 3. The number of H-pyrrole nitrogens is 1. The highest BCUT2D eigenvalue weighted by Gasteiger charge is 2.20. The quantitative estimate of drug-likeness (QED) is 0.435. The van der Waals surface area contributed by atoms with Crippen LogP contribution in [0.4, 0.5) is 17.3 Å². The Bertz CT molecular complexity index is 1230. The third kappa shape index (κ3) is 4.63. The minimum absolute atomic E-state index is 0.133. The smallest absolute Gasteiger partial charge is 0.253 e. The van der Waals surface area contributed by atoms with E-state index < -0.39 is 0 Å². The van der Waals surface area contributed by atoms with Gasteiger partial charge in [-0.15, -0.1) is 10.2 Å². The van der Waals surface area contributed by atoms with Crippen LogP contribution in [0.5, 0.6) is 5.75 Å². The van der Waals surface area contributed by atoms with E-state index in [1.807, 2.05) is 12.1 Å². The molecule has 1 aliphatic heterocycles. The lowest BCUT2D eigenvalue weighted by molar-refractivity contribution is 0.477. The van der Waals surface area contributed by atoms with Crippen LogP contribution in [0.25, 0.3) is 11.3 Å². The van der Waals surface area contributed by atoms with Gasteiger partial charge in [-0.3, -0.25) is 9.78 Å². The first-order valence-electron chi connectivity index (χ1n) is 10.3. The summed E-state index contributed by atoms with van der Waals surface area (Å²) in [6.07, 6.45) is 0.825. The number of nitrogens with one attached hydrogen (secondary N) is 1. The predicted octanol–water partition coefficient (Wildman–Crippen LogP) is 0.542. The van der Waals surface area contributed by atoms with E-state index in [2.05, 4.69) is 41.8 Å². The average Bonchev–Trinajstić information content (AvgIpc) is 3.04. The molecule has 2 aromatic heterocycles. The summed E-state index contributed by atoms with van der Waals surface area (Å²) in [7, 11) is 0. The summed E-state index contributed by atoms with van der Waals surface area (Å²) in [5.41, 5.74) is 13.2. The van der Waals surface area contributed by atoms with E-state index in [1.165, 1.54) is 6.07 Å². The fourth-order valence-corrected chi connectivity index (χ4v) is 3.65. The third-order valence-electron chi connectivity index (χ3n) is 5.18. The van der Waals surface area contributed by atoms with Crippen molar-refractivity contribution in [2.45, 2.75) is 6.42 Å². The summed E-state index contributed by atoms with van der Waals surface area (Å²) in [4.78, 5) is 23.3. The number of nitrogens with two attached hydrogens (primary N) is 2. The number of anilines is 3. The van der Waals surface area contributed by atoms with Gasteiger partial charge < -0.3 is 26.4 Å². The average molecular weight is 432 g/mol. The molecule has 1 aromatic carbocycles. The molecule has 10 nitrogen and oxygen atoms in total. The largest absolute Gasteiger partial charge is 0.507 e. The number of aromatic amines is 1. The molecule has 32 heavy (non-hydrogen) atoms. The normalized spacial score (nSPS) is 13.9. The van der Waals surface area contributed by atoms with Crippen LogP contribution in [0.3, 0.4) is 0 Å². The molecule has 3 heterocycles. The second-order valence-corrected chi connectivity index (χ2v) is 7.30. The zero-order chi connectivity index (χ0) is 22.5. The first-order valence-corrected chi connectivity index (χ1v) is 10.3. The van der Waals surface area contributed by atoms with Crippen molar-refractivity contribution in [1.82, 2.24) is 20.2 Å². The van der Waals surface area contributed by atoms with Crippen LogP contribution in [0.15, 0.2) is 41.2 Å². The number of phenols is 1. The number of hydrogen-bond donors (Lipinski definition) is 4. The Kier molecular flexibility index (Phi) is 6.19. The Morgan fingerprint density at radius 3 is 2.69 bits per heavy atom. The number of phenolic OH excluding ortho intramolecular Hbond substituents is 1. The van der Waals surface area contributed by atoms with Crippen LogP contribution in [-0.4, -0.2) is 58.0 Å². The fourth-order valence-electron chi connectivity index (χ4n) is 3.65. The first kappa shape index (κ1) is 21.1. The van der Waals surface area contributed by atoms with Crippen LogP contribution in [0.2, 0.25) is 0 Å². The van der Waals surface area contributed by atoms with Crippen LogP contribution < -0.4 is 26.8 Å². The lowest BCUT2D eigenvalue weighted by Crippen LogP contribution is -2.32. The molecule has 6 N–H and O–H groups in total. The van der Waals surface area contributed by atoms with Crippen molar-refractivity contribution in [2.24, 2.45) is 5.73 Å². The van der Waals surface area contributed by atoms with Crippen LogP contribution in [0, 0.1) is 11.8 Å². The Morgan fingerprint density at radius 1 is 1.09 bits per heavy atom. The third-order valence-corrected chi connectivity index (χ3v) is 5.18. The van der Waals surface area contributed by atoms with Gasteiger partial charge in [0.1, 0.15) is 11.6 Å². The second-order valence-electron chi connectivity index (χ2n) is 7.30. The summed E-state index contributed by atoms with van der Waals surface area (Å²) >= 11 is 0. The number of aromatic hydroxyl groups is 1. The van der Waals surface area contributed by atoms with Crippen LogP contribution in [-0.2, 0) is 0 Å². The maximum absolute atomic E-state index is 12.0. The van der Waals surface area contributed by atoms with Crippen molar-refractivity contribution in [3.05, 3.63) is 52.6 Å². The van der Waals surface area contributed by atoms with Gasteiger partial charge in [-0.2, -0.15) is 0 Å². The molecule has 0 amide bonds. The number of para-hydroxylation sites is 1. The Hall–Kier alpha value is -4.10. The van der Waals surface area contributed by atoms with Crippen molar-refractivity contribution >= 4 is 17.3 Å². The molecule has 0 aliphatic carbocycles. The maximum atomic E-state index is 12.0. The number of aromatic nitrogens is 4.